The molecule has 1 aromatic rings. The minimum Gasteiger partial charge on any atom is -0.444 e. The topological polar surface area (TPSA) is 107 Å². The first-order valence-electron chi connectivity index (χ1n) is 14.5. The van der Waals surface area contributed by atoms with E-state index in [2.05, 4.69) is 27.2 Å². The molecular weight excluding hydrogens is 565 g/mol. The van der Waals surface area contributed by atoms with Gasteiger partial charge in [-0.15, -0.1) is 0 Å². The summed E-state index contributed by atoms with van der Waals surface area (Å²) in [4.78, 5) is 31.1. The molecule has 2 N–H and O–H groups in total. The number of rotatable bonds is 9. The predicted molar refractivity (Wildman–Crippen MR) is 162 cm³/mol. The fourth-order valence-electron chi connectivity index (χ4n) is 5.08. The molecule has 240 valence electrons. The van der Waals surface area contributed by atoms with Gasteiger partial charge in [-0.25, -0.2) is 19.8 Å². The number of ether oxygens (including phenoxy) is 2. The normalized spacial score (nSPS) is 20.8. The zero-order valence-corrected chi connectivity index (χ0v) is 26.2. The minimum absolute atomic E-state index is 0.0231. The number of aliphatic imine (C=N–C) groups is 1. The third-order valence-corrected chi connectivity index (χ3v) is 6.65. The Bertz CT molecular complexity index is 1180. The Balaban J connectivity index is 2.01. The summed E-state index contributed by atoms with van der Waals surface area (Å²) in [5.41, 5.74) is 0.294. The van der Waals surface area contributed by atoms with E-state index >= 15 is 0 Å². The Morgan fingerprint density at radius 3 is 2.40 bits per heavy atom. The summed E-state index contributed by atoms with van der Waals surface area (Å²) in [6, 6.07) is 0.270. The SMILES string of the molecule is C=C(/N=C\C(=C/C)c1nc(N2CCOCC2)c(C)c(N(CN2CC(C)NC(C)C2)CC(F)(F)F)n1)NC(=O)OC(C)(C)C. The van der Waals surface area contributed by atoms with E-state index in [1.807, 2.05) is 23.6 Å². The third-order valence-electron chi connectivity index (χ3n) is 6.65. The Kier molecular flexibility index (Phi) is 11.6. The lowest BCUT2D eigenvalue weighted by Gasteiger charge is -2.40. The highest BCUT2D eigenvalue weighted by Crippen LogP contribution is 2.31. The molecule has 2 atom stereocenters. The lowest BCUT2D eigenvalue weighted by atomic mass is 10.1. The number of hydrogen-bond donors (Lipinski definition) is 2. The van der Waals surface area contributed by atoms with Gasteiger partial charge in [0.05, 0.1) is 19.9 Å². The highest BCUT2D eigenvalue weighted by atomic mass is 19.4. The van der Waals surface area contributed by atoms with Crippen LogP contribution in [0.2, 0.25) is 0 Å². The van der Waals surface area contributed by atoms with Gasteiger partial charge in [0.2, 0.25) is 0 Å². The maximum absolute atomic E-state index is 14.0. The van der Waals surface area contributed by atoms with Gasteiger partial charge in [-0.05, 0) is 48.5 Å². The van der Waals surface area contributed by atoms with Gasteiger partial charge in [0.25, 0.3) is 0 Å². The third kappa shape index (κ3) is 10.8. The summed E-state index contributed by atoms with van der Waals surface area (Å²) in [5, 5.41) is 5.88. The number of alkyl halides is 3. The molecule has 0 saturated carbocycles. The Morgan fingerprint density at radius 2 is 1.84 bits per heavy atom. The molecule has 2 aliphatic rings. The van der Waals surface area contributed by atoms with Crippen LogP contribution in [0.4, 0.5) is 29.6 Å². The predicted octanol–water partition coefficient (Wildman–Crippen LogP) is 4.10. The van der Waals surface area contributed by atoms with E-state index < -0.39 is 24.4 Å². The molecule has 0 spiro atoms. The first kappa shape index (κ1) is 34.3. The summed E-state index contributed by atoms with van der Waals surface area (Å²) in [7, 11) is 0. The quantitative estimate of drug-likeness (QED) is 0.400. The van der Waals surface area contributed by atoms with Crippen molar-refractivity contribution in [2.45, 2.75) is 72.3 Å². The Hall–Kier alpha value is -3.23. The van der Waals surface area contributed by atoms with E-state index in [4.69, 9.17) is 14.5 Å². The maximum atomic E-state index is 14.0. The van der Waals surface area contributed by atoms with Gasteiger partial charge in [0.15, 0.2) is 5.82 Å². The van der Waals surface area contributed by atoms with Crippen molar-refractivity contribution in [3.63, 3.8) is 0 Å². The standard InChI is InChI=1S/C29H45F3N8O3/c1-9-23(14-33-22(5)35-27(41)43-28(6,7)8)24-36-25(39-10-12-42-13-11-39)21(4)26(37-24)40(17-29(30,31)32)18-38-15-19(2)34-20(3)16-38/h9,14,19-20,34H,5,10-13,15-18H2,1-4,6-8H3,(H,35,41)/b23-9+,33-14-. The highest BCUT2D eigenvalue weighted by molar-refractivity contribution is 6.08. The molecule has 0 aliphatic carbocycles. The number of piperazine rings is 1. The van der Waals surface area contributed by atoms with Crippen LogP contribution in [0.3, 0.4) is 0 Å². The molecular formula is C29H45F3N8O3. The summed E-state index contributed by atoms with van der Waals surface area (Å²) in [6.07, 6.45) is -2.04. The van der Waals surface area contributed by atoms with Gasteiger partial charge in [-0.1, -0.05) is 12.7 Å². The van der Waals surface area contributed by atoms with Crippen molar-refractivity contribution in [1.29, 1.82) is 0 Å². The van der Waals surface area contributed by atoms with Crippen molar-refractivity contribution < 1.29 is 27.4 Å². The average Bonchev–Trinajstić information content (AvgIpc) is 2.87. The van der Waals surface area contributed by atoms with Crippen LogP contribution >= 0.6 is 0 Å². The number of aromatic nitrogens is 2. The van der Waals surface area contributed by atoms with Crippen LogP contribution in [0.15, 0.2) is 23.5 Å². The number of anilines is 2. The zero-order valence-electron chi connectivity index (χ0n) is 26.2. The first-order chi connectivity index (χ1) is 20.0. The molecule has 3 rings (SSSR count). The second kappa shape index (κ2) is 14.5. The van der Waals surface area contributed by atoms with Crippen LogP contribution < -0.4 is 20.4 Å². The van der Waals surface area contributed by atoms with Crippen molar-refractivity contribution in [1.82, 2.24) is 25.5 Å². The van der Waals surface area contributed by atoms with Crippen molar-refractivity contribution >= 4 is 29.5 Å². The lowest BCUT2D eigenvalue weighted by molar-refractivity contribution is -0.120. The number of allylic oxidation sites excluding steroid dienone is 2. The van der Waals surface area contributed by atoms with E-state index in [-0.39, 0.29) is 36.2 Å². The molecule has 2 saturated heterocycles. The van der Waals surface area contributed by atoms with Gasteiger partial charge in [0, 0.05) is 55.6 Å². The summed E-state index contributed by atoms with van der Waals surface area (Å²) < 4.78 is 52.7. The molecule has 14 heteroatoms. The minimum atomic E-state index is -4.46. The molecule has 11 nitrogen and oxygen atoms in total. The summed E-state index contributed by atoms with van der Waals surface area (Å²) >= 11 is 0. The highest BCUT2D eigenvalue weighted by Gasteiger charge is 2.35. The molecule has 3 heterocycles. The number of hydrogen-bond acceptors (Lipinski definition) is 10. The van der Waals surface area contributed by atoms with Crippen molar-refractivity contribution in [3.05, 3.63) is 29.9 Å². The van der Waals surface area contributed by atoms with Crippen LogP contribution in [-0.4, -0.2) is 104 Å². The fraction of sp³-hybridized carbons (Fsp3) is 0.655. The van der Waals surface area contributed by atoms with Crippen LogP contribution in [0.25, 0.3) is 5.57 Å². The number of alkyl carbamates (subject to hydrolysis) is 1. The molecule has 2 fully saturated rings. The first-order valence-corrected chi connectivity index (χ1v) is 14.5. The molecule has 0 radical (unpaired) electrons. The molecule has 0 aromatic carbocycles. The number of carbonyl (C=O) groups excluding carboxylic acids is 1. The smallest absolute Gasteiger partial charge is 0.413 e. The van der Waals surface area contributed by atoms with E-state index in [9.17, 15) is 18.0 Å². The summed E-state index contributed by atoms with van der Waals surface area (Å²) in [6.45, 7) is 18.6. The Morgan fingerprint density at radius 1 is 1.21 bits per heavy atom. The number of carbonyl (C=O) groups is 1. The molecule has 0 bridgehead atoms. The maximum Gasteiger partial charge on any atom is 0.413 e. The second-order valence-corrected chi connectivity index (χ2v) is 12.0. The average molecular weight is 611 g/mol. The van der Waals surface area contributed by atoms with Crippen LogP contribution in [0.1, 0.15) is 52.9 Å². The zero-order chi connectivity index (χ0) is 31.9. The van der Waals surface area contributed by atoms with Gasteiger partial charge < -0.3 is 24.6 Å². The lowest BCUT2D eigenvalue weighted by Crippen LogP contribution is -2.57. The molecule has 1 amide bonds. The van der Waals surface area contributed by atoms with E-state index in [0.29, 0.717) is 56.3 Å². The number of nitrogens with one attached hydrogen (secondary N) is 2. The number of amides is 1. The Labute approximate surface area is 252 Å². The van der Waals surface area contributed by atoms with Gasteiger partial charge in [-0.3, -0.25) is 10.2 Å². The van der Waals surface area contributed by atoms with Crippen molar-refractivity contribution in [2.24, 2.45) is 4.99 Å². The molecule has 2 aliphatic heterocycles. The molecule has 1 aromatic heterocycles. The van der Waals surface area contributed by atoms with Crippen LogP contribution in [0.5, 0.6) is 0 Å². The molecule has 43 heavy (non-hydrogen) atoms. The monoisotopic (exact) mass is 610 g/mol. The van der Waals surface area contributed by atoms with E-state index in [1.54, 1.807) is 40.7 Å². The van der Waals surface area contributed by atoms with Gasteiger partial charge >= 0.3 is 12.3 Å². The second-order valence-electron chi connectivity index (χ2n) is 12.0. The number of halogens is 3. The van der Waals surface area contributed by atoms with E-state index in [0.717, 1.165) is 0 Å². The van der Waals surface area contributed by atoms with Crippen molar-refractivity contribution in [2.75, 3.05) is 62.4 Å². The number of morpholine rings is 1. The number of nitrogens with zero attached hydrogens (tertiary/aromatic N) is 6. The van der Waals surface area contributed by atoms with Gasteiger partial charge in [0.1, 0.15) is 29.6 Å². The van der Waals surface area contributed by atoms with Crippen LogP contribution in [0, 0.1) is 6.92 Å². The fourth-order valence-corrected chi connectivity index (χ4v) is 5.08. The largest absolute Gasteiger partial charge is 0.444 e. The van der Waals surface area contributed by atoms with Crippen LogP contribution in [-0.2, 0) is 9.47 Å². The molecule has 2 unspecified atom stereocenters. The van der Waals surface area contributed by atoms with Crippen molar-refractivity contribution in [3.8, 4) is 0 Å². The van der Waals surface area contributed by atoms with Gasteiger partial charge in [-0.2, -0.15) is 13.2 Å². The summed E-state index contributed by atoms with van der Waals surface area (Å²) in [5.74, 6) is 0.958. The van der Waals surface area contributed by atoms with E-state index in [1.165, 1.54) is 11.1 Å².